The summed E-state index contributed by atoms with van der Waals surface area (Å²) < 4.78 is 0. The van der Waals surface area contributed by atoms with Gasteiger partial charge >= 0.3 is 0 Å². The molecule has 2 rings (SSSR count). The van der Waals surface area contributed by atoms with Crippen molar-refractivity contribution in [2.75, 3.05) is 5.32 Å². The second-order valence-electron chi connectivity index (χ2n) is 4.23. The van der Waals surface area contributed by atoms with E-state index in [0.717, 1.165) is 22.2 Å². The molecule has 0 aromatic heterocycles. The highest BCUT2D eigenvalue weighted by Gasteiger charge is 2.27. The first-order valence-corrected chi connectivity index (χ1v) is 5.57. The molecular weight excluding hydrogens is 194 g/mol. The molecule has 1 fully saturated rings. The van der Waals surface area contributed by atoms with E-state index in [4.69, 9.17) is 11.6 Å². The van der Waals surface area contributed by atoms with Gasteiger partial charge in [0.1, 0.15) is 0 Å². The number of halogens is 1. The molecule has 0 amide bonds. The maximum Gasteiger partial charge on any atom is 0.0455 e. The second-order valence-corrected chi connectivity index (χ2v) is 4.64. The molecule has 0 radical (unpaired) electrons. The van der Waals surface area contributed by atoms with Gasteiger partial charge in [-0.3, -0.25) is 0 Å². The van der Waals surface area contributed by atoms with Crippen LogP contribution in [0.2, 0.25) is 5.02 Å². The van der Waals surface area contributed by atoms with Gasteiger partial charge in [-0.1, -0.05) is 17.7 Å². The number of nitrogens with one attached hydrogen (secondary N) is 1. The SMILES string of the molecule is Cc1ccc(N[C@@H](C)C2CC2)cc1Cl. The largest absolute Gasteiger partial charge is 0.382 e. The van der Waals surface area contributed by atoms with Crippen molar-refractivity contribution in [3.05, 3.63) is 28.8 Å². The Morgan fingerprint density at radius 3 is 2.71 bits per heavy atom. The van der Waals surface area contributed by atoms with Crippen molar-refractivity contribution in [3.8, 4) is 0 Å². The molecule has 1 aliphatic carbocycles. The van der Waals surface area contributed by atoms with Gasteiger partial charge < -0.3 is 5.32 Å². The summed E-state index contributed by atoms with van der Waals surface area (Å²) in [6, 6.07) is 6.74. The van der Waals surface area contributed by atoms with E-state index in [-0.39, 0.29) is 0 Å². The fourth-order valence-corrected chi connectivity index (χ4v) is 1.84. The quantitative estimate of drug-likeness (QED) is 0.797. The molecule has 0 bridgehead atoms. The first kappa shape index (κ1) is 9.85. The van der Waals surface area contributed by atoms with Gasteiger partial charge in [-0.2, -0.15) is 0 Å². The van der Waals surface area contributed by atoms with Crippen LogP contribution >= 0.6 is 11.6 Å². The van der Waals surface area contributed by atoms with Crippen LogP contribution in [0.15, 0.2) is 18.2 Å². The highest BCUT2D eigenvalue weighted by Crippen LogP contribution is 2.34. The van der Waals surface area contributed by atoms with E-state index < -0.39 is 0 Å². The molecule has 0 saturated heterocycles. The molecule has 2 heteroatoms. The minimum Gasteiger partial charge on any atom is -0.382 e. The van der Waals surface area contributed by atoms with E-state index in [2.05, 4.69) is 24.4 Å². The molecule has 1 aromatic rings. The summed E-state index contributed by atoms with van der Waals surface area (Å²) in [6.07, 6.45) is 2.74. The standard InChI is InChI=1S/C12H16ClN/c1-8-3-6-11(7-12(8)13)14-9(2)10-4-5-10/h3,6-7,9-10,14H,4-5H2,1-2H3/t9-/m0/s1. The van der Waals surface area contributed by atoms with Crippen LogP contribution < -0.4 is 5.32 Å². The molecule has 76 valence electrons. The molecule has 0 heterocycles. The van der Waals surface area contributed by atoms with Crippen molar-refractivity contribution < 1.29 is 0 Å². The van der Waals surface area contributed by atoms with E-state index in [1.54, 1.807) is 0 Å². The summed E-state index contributed by atoms with van der Waals surface area (Å²) in [5.41, 5.74) is 2.27. The van der Waals surface area contributed by atoms with Crippen molar-refractivity contribution in [1.29, 1.82) is 0 Å². The topological polar surface area (TPSA) is 12.0 Å². The molecule has 1 aromatic carbocycles. The average Bonchev–Trinajstić information content (AvgIpc) is 2.94. The number of anilines is 1. The lowest BCUT2D eigenvalue weighted by molar-refractivity contribution is 0.694. The van der Waals surface area contributed by atoms with Gasteiger partial charge in [-0.05, 0) is 50.3 Å². The Balaban J connectivity index is 2.04. The summed E-state index contributed by atoms with van der Waals surface area (Å²) >= 11 is 6.05. The van der Waals surface area contributed by atoms with Crippen LogP contribution in [0.3, 0.4) is 0 Å². The lowest BCUT2D eigenvalue weighted by atomic mass is 10.2. The van der Waals surface area contributed by atoms with Gasteiger partial charge in [-0.15, -0.1) is 0 Å². The molecule has 1 saturated carbocycles. The zero-order chi connectivity index (χ0) is 10.1. The molecule has 1 atom stereocenters. The number of rotatable bonds is 3. The summed E-state index contributed by atoms with van der Waals surface area (Å²) in [6.45, 7) is 4.27. The van der Waals surface area contributed by atoms with E-state index in [1.807, 2.05) is 13.0 Å². The smallest absolute Gasteiger partial charge is 0.0455 e. The van der Waals surface area contributed by atoms with Gasteiger partial charge in [0.25, 0.3) is 0 Å². The third-order valence-electron chi connectivity index (χ3n) is 2.90. The molecule has 0 spiro atoms. The molecule has 1 aliphatic rings. The lowest BCUT2D eigenvalue weighted by Gasteiger charge is -2.14. The van der Waals surface area contributed by atoms with Gasteiger partial charge in [0.15, 0.2) is 0 Å². The van der Waals surface area contributed by atoms with Crippen LogP contribution in [-0.2, 0) is 0 Å². The van der Waals surface area contributed by atoms with Crippen molar-refractivity contribution in [3.63, 3.8) is 0 Å². The summed E-state index contributed by atoms with van der Waals surface area (Å²) in [7, 11) is 0. The van der Waals surface area contributed by atoms with Gasteiger partial charge in [0.05, 0.1) is 0 Å². The predicted molar refractivity (Wildman–Crippen MR) is 62.0 cm³/mol. The first-order chi connectivity index (χ1) is 6.66. The van der Waals surface area contributed by atoms with Crippen LogP contribution in [0.5, 0.6) is 0 Å². The highest BCUT2D eigenvalue weighted by atomic mass is 35.5. The molecule has 1 N–H and O–H groups in total. The summed E-state index contributed by atoms with van der Waals surface area (Å²) in [5, 5.41) is 4.33. The summed E-state index contributed by atoms with van der Waals surface area (Å²) in [5.74, 6) is 0.870. The Hall–Kier alpha value is -0.690. The first-order valence-electron chi connectivity index (χ1n) is 5.19. The highest BCUT2D eigenvalue weighted by molar-refractivity contribution is 6.31. The zero-order valence-electron chi connectivity index (χ0n) is 8.68. The number of benzene rings is 1. The van der Waals surface area contributed by atoms with Crippen molar-refractivity contribution in [1.82, 2.24) is 0 Å². The Morgan fingerprint density at radius 1 is 1.43 bits per heavy atom. The van der Waals surface area contributed by atoms with Gasteiger partial charge in [-0.25, -0.2) is 0 Å². The maximum absolute atomic E-state index is 6.05. The predicted octanol–water partition coefficient (Wildman–Crippen LogP) is 3.86. The van der Waals surface area contributed by atoms with Crippen molar-refractivity contribution in [2.24, 2.45) is 5.92 Å². The number of aryl methyl sites for hydroxylation is 1. The maximum atomic E-state index is 6.05. The fraction of sp³-hybridized carbons (Fsp3) is 0.500. The van der Waals surface area contributed by atoms with Crippen LogP contribution in [-0.4, -0.2) is 6.04 Å². The van der Waals surface area contributed by atoms with Crippen LogP contribution in [0.1, 0.15) is 25.3 Å². The van der Waals surface area contributed by atoms with Crippen LogP contribution in [0.4, 0.5) is 5.69 Å². The fourth-order valence-electron chi connectivity index (χ4n) is 1.66. The third kappa shape index (κ3) is 2.21. The normalized spacial score (nSPS) is 17.9. The van der Waals surface area contributed by atoms with Crippen molar-refractivity contribution >= 4 is 17.3 Å². The van der Waals surface area contributed by atoms with E-state index in [0.29, 0.717) is 6.04 Å². The Bertz CT molecular complexity index is 331. The van der Waals surface area contributed by atoms with E-state index in [9.17, 15) is 0 Å². The molecule has 14 heavy (non-hydrogen) atoms. The van der Waals surface area contributed by atoms with Crippen LogP contribution in [0, 0.1) is 12.8 Å². The average molecular weight is 210 g/mol. The number of hydrogen-bond donors (Lipinski definition) is 1. The Kier molecular flexibility index (Phi) is 2.69. The minimum absolute atomic E-state index is 0.578. The molecule has 0 unspecified atom stereocenters. The second kappa shape index (κ2) is 3.82. The number of hydrogen-bond acceptors (Lipinski definition) is 1. The third-order valence-corrected chi connectivity index (χ3v) is 3.30. The molecule has 0 aliphatic heterocycles. The van der Waals surface area contributed by atoms with Gasteiger partial charge in [0, 0.05) is 16.8 Å². The minimum atomic E-state index is 0.578. The monoisotopic (exact) mass is 209 g/mol. The summed E-state index contributed by atoms with van der Waals surface area (Å²) in [4.78, 5) is 0. The van der Waals surface area contributed by atoms with E-state index in [1.165, 1.54) is 12.8 Å². The van der Waals surface area contributed by atoms with Crippen molar-refractivity contribution in [2.45, 2.75) is 32.7 Å². The lowest BCUT2D eigenvalue weighted by Crippen LogP contribution is -2.17. The molecule has 1 nitrogen and oxygen atoms in total. The van der Waals surface area contributed by atoms with E-state index >= 15 is 0 Å². The molecular formula is C12H16ClN. The zero-order valence-corrected chi connectivity index (χ0v) is 9.43. The van der Waals surface area contributed by atoms with Gasteiger partial charge in [0.2, 0.25) is 0 Å². The van der Waals surface area contributed by atoms with Crippen LogP contribution in [0.25, 0.3) is 0 Å². The Morgan fingerprint density at radius 2 is 2.14 bits per heavy atom. The Labute approximate surface area is 90.5 Å².